The van der Waals surface area contributed by atoms with Crippen LogP contribution in [-0.2, 0) is 34.5 Å². The van der Waals surface area contributed by atoms with Crippen molar-refractivity contribution in [1.82, 2.24) is 0 Å². The number of hydrogen-bond donors (Lipinski definition) is 0. The number of ether oxygens (including phenoxy) is 3. The van der Waals surface area contributed by atoms with Gasteiger partial charge < -0.3 is 23.1 Å². The first-order valence-electron chi connectivity index (χ1n) is 14.5. The van der Waals surface area contributed by atoms with Crippen molar-refractivity contribution in [3.05, 3.63) is 59.7 Å². The Balaban J connectivity index is 2.32. The zero-order valence-corrected chi connectivity index (χ0v) is 28.9. The zero-order chi connectivity index (χ0) is 30.4. The van der Waals surface area contributed by atoms with E-state index in [-0.39, 0.29) is 22.3 Å². The largest absolute Gasteiger partial charge is 0.466 e. The van der Waals surface area contributed by atoms with Crippen LogP contribution in [0.4, 0.5) is 0 Å². The molecule has 0 aliphatic heterocycles. The third kappa shape index (κ3) is 9.49. The van der Waals surface area contributed by atoms with Crippen LogP contribution in [0.3, 0.4) is 0 Å². The smallest absolute Gasteiger partial charge is 0.330 e. The molecule has 0 radical (unpaired) electrons. The van der Waals surface area contributed by atoms with E-state index in [1.54, 1.807) is 0 Å². The summed E-state index contributed by atoms with van der Waals surface area (Å²) < 4.78 is 31.5. The van der Waals surface area contributed by atoms with Crippen molar-refractivity contribution >= 4 is 22.6 Å². The molecule has 1 aromatic rings. The Morgan fingerprint density at radius 3 is 2.08 bits per heavy atom. The van der Waals surface area contributed by atoms with Gasteiger partial charge >= 0.3 is 5.97 Å². The number of hydrogen-bond acceptors (Lipinski definition) is 6. The Hall–Kier alpha value is -1.56. The minimum Gasteiger partial charge on any atom is -0.466 e. The van der Waals surface area contributed by atoms with Crippen molar-refractivity contribution in [3.63, 3.8) is 0 Å². The van der Waals surface area contributed by atoms with Crippen LogP contribution in [0, 0.1) is 0 Å². The van der Waals surface area contributed by atoms with Gasteiger partial charge in [-0.05, 0) is 59.4 Å². The summed E-state index contributed by atoms with van der Waals surface area (Å²) in [5.74, 6) is -0.404. The van der Waals surface area contributed by atoms with Gasteiger partial charge in [0.25, 0.3) is 0 Å². The maximum Gasteiger partial charge on any atom is 0.330 e. The molecule has 0 spiro atoms. The Bertz CT molecular complexity index is 1000. The molecule has 0 bridgehead atoms. The van der Waals surface area contributed by atoms with Crippen LogP contribution in [-0.4, -0.2) is 61.2 Å². The summed E-state index contributed by atoms with van der Waals surface area (Å²) in [6.07, 6.45) is 1.75. The second-order valence-corrected chi connectivity index (χ2v) is 23.4. The van der Waals surface area contributed by atoms with Crippen LogP contribution in [0.2, 0.25) is 36.3 Å². The third-order valence-electron chi connectivity index (χ3n) is 8.68. The molecule has 8 heteroatoms. The second-order valence-electron chi connectivity index (χ2n) is 13.9. The van der Waals surface area contributed by atoms with Gasteiger partial charge in [0.05, 0.1) is 25.9 Å². The molecule has 0 unspecified atom stereocenters. The number of carbonyl (C=O) groups is 1. The summed E-state index contributed by atoms with van der Waals surface area (Å²) >= 11 is 0. The molecule has 1 aliphatic carbocycles. The number of benzene rings is 1. The van der Waals surface area contributed by atoms with Crippen molar-refractivity contribution in [1.29, 1.82) is 0 Å². The van der Waals surface area contributed by atoms with Crippen molar-refractivity contribution in [3.8, 4) is 0 Å². The van der Waals surface area contributed by atoms with Gasteiger partial charge in [-0.25, -0.2) is 4.79 Å². The number of methoxy groups -OCH3 is 1. The number of rotatable bonds is 12. The lowest BCUT2D eigenvalue weighted by atomic mass is 9.83. The monoisotopic (exact) mass is 590 g/mol. The number of esters is 1. The Morgan fingerprint density at radius 1 is 0.950 bits per heavy atom. The van der Waals surface area contributed by atoms with Crippen LogP contribution < -0.4 is 0 Å². The van der Waals surface area contributed by atoms with Gasteiger partial charge in [-0.2, -0.15) is 0 Å². The molecule has 226 valence electrons. The minimum absolute atomic E-state index is 0.00776. The molecule has 3 atom stereocenters. The SMILES string of the molecule is C=C1C(=CC(=O)OC)C[C@@H](OCCCOCc2ccccc2)[C@@H](O[Si](C)(C)C(C)(C)C)[C@@H]1O[Si](C)(C)C(C)(C)C. The molecular weight excluding hydrogens is 537 g/mol. The summed E-state index contributed by atoms with van der Waals surface area (Å²) in [5, 5.41) is -0.00125. The quantitative estimate of drug-likeness (QED) is 0.107. The predicted octanol–water partition coefficient (Wildman–Crippen LogP) is 7.82. The van der Waals surface area contributed by atoms with E-state index in [1.165, 1.54) is 13.2 Å². The highest BCUT2D eigenvalue weighted by atomic mass is 28.4. The summed E-state index contributed by atoms with van der Waals surface area (Å²) in [6.45, 7) is 28.5. The van der Waals surface area contributed by atoms with Gasteiger partial charge in [-0.1, -0.05) is 78.5 Å². The van der Waals surface area contributed by atoms with Crippen LogP contribution in [0.1, 0.15) is 59.9 Å². The summed E-state index contributed by atoms with van der Waals surface area (Å²) in [6, 6.07) is 10.2. The maximum atomic E-state index is 12.3. The molecule has 1 aliphatic rings. The van der Waals surface area contributed by atoms with Gasteiger partial charge in [0.15, 0.2) is 16.6 Å². The lowest BCUT2D eigenvalue weighted by Crippen LogP contribution is -2.58. The van der Waals surface area contributed by atoms with Crippen molar-refractivity contribution in [2.24, 2.45) is 0 Å². The molecule has 1 saturated carbocycles. The topological polar surface area (TPSA) is 63.2 Å². The Labute approximate surface area is 245 Å². The zero-order valence-electron chi connectivity index (χ0n) is 26.9. The summed E-state index contributed by atoms with van der Waals surface area (Å²) in [5.41, 5.74) is 2.74. The molecule has 6 nitrogen and oxygen atoms in total. The molecule has 1 aromatic carbocycles. The highest BCUT2D eigenvalue weighted by Crippen LogP contribution is 2.45. The molecule has 0 N–H and O–H groups in total. The van der Waals surface area contributed by atoms with E-state index < -0.39 is 28.7 Å². The third-order valence-corrected chi connectivity index (χ3v) is 17.6. The van der Waals surface area contributed by atoms with E-state index >= 15 is 0 Å². The van der Waals surface area contributed by atoms with E-state index in [1.807, 2.05) is 18.2 Å². The van der Waals surface area contributed by atoms with Crippen molar-refractivity contribution in [2.45, 2.75) is 116 Å². The van der Waals surface area contributed by atoms with Gasteiger partial charge in [0.2, 0.25) is 0 Å². The van der Waals surface area contributed by atoms with Gasteiger partial charge in [-0.3, -0.25) is 0 Å². The first-order chi connectivity index (χ1) is 18.4. The van der Waals surface area contributed by atoms with E-state index in [9.17, 15) is 4.79 Å². The van der Waals surface area contributed by atoms with E-state index in [4.69, 9.17) is 23.1 Å². The first kappa shape index (κ1) is 34.6. The minimum atomic E-state index is -2.23. The fourth-order valence-corrected chi connectivity index (χ4v) is 6.57. The van der Waals surface area contributed by atoms with Crippen LogP contribution in [0.15, 0.2) is 54.1 Å². The highest BCUT2D eigenvalue weighted by Gasteiger charge is 2.50. The molecule has 0 saturated heterocycles. The van der Waals surface area contributed by atoms with Crippen molar-refractivity contribution < 1.29 is 27.9 Å². The van der Waals surface area contributed by atoms with Crippen LogP contribution in [0.5, 0.6) is 0 Å². The van der Waals surface area contributed by atoms with Crippen molar-refractivity contribution in [2.75, 3.05) is 20.3 Å². The van der Waals surface area contributed by atoms with Gasteiger partial charge in [-0.15, -0.1) is 0 Å². The fourth-order valence-electron chi connectivity index (χ4n) is 3.99. The Morgan fingerprint density at radius 2 is 1.52 bits per heavy atom. The lowest BCUT2D eigenvalue weighted by molar-refractivity contribution is -0.135. The van der Waals surface area contributed by atoms with E-state index in [2.05, 4.69) is 86.4 Å². The normalized spacial score (nSPS) is 22.0. The molecule has 0 heterocycles. The molecular formula is C32H54O6Si2. The second kappa shape index (κ2) is 14.1. The average Bonchev–Trinajstić information content (AvgIpc) is 2.84. The standard InChI is InChI=1S/C32H54O6Si2/c1-24-26(22-28(33)34-8)21-27(36-20-16-19-35-23-25-17-14-13-15-18-25)30(38-40(11,12)32(5,6)7)29(24)37-39(9,10)31(2,3)4/h13-15,17-18,22,27,29-30H,1,16,19-21,23H2,2-12H3/t27-,29-,30-/m1/s1. The van der Waals surface area contributed by atoms with Crippen LogP contribution >= 0.6 is 0 Å². The average molecular weight is 591 g/mol. The Kier molecular flexibility index (Phi) is 12.2. The fraction of sp³-hybridized carbons (Fsp3) is 0.656. The molecule has 0 amide bonds. The van der Waals surface area contributed by atoms with Gasteiger partial charge in [0.1, 0.15) is 6.10 Å². The molecule has 0 aromatic heterocycles. The predicted molar refractivity (Wildman–Crippen MR) is 168 cm³/mol. The highest BCUT2D eigenvalue weighted by molar-refractivity contribution is 6.74. The number of carbonyl (C=O) groups excluding carboxylic acids is 1. The molecule has 2 rings (SSSR count). The summed E-state index contributed by atoms with van der Waals surface area (Å²) in [7, 11) is -3.05. The maximum absolute atomic E-state index is 12.3. The van der Waals surface area contributed by atoms with E-state index in [0.29, 0.717) is 26.2 Å². The van der Waals surface area contributed by atoms with Crippen LogP contribution in [0.25, 0.3) is 0 Å². The van der Waals surface area contributed by atoms with E-state index in [0.717, 1.165) is 23.1 Å². The first-order valence-corrected chi connectivity index (χ1v) is 20.3. The lowest BCUT2D eigenvalue weighted by Gasteiger charge is -2.50. The molecule has 40 heavy (non-hydrogen) atoms. The van der Waals surface area contributed by atoms with Gasteiger partial charge in [0, 0.05) is 25.7 Å². The molecule has 1 fully saturated rings. The summed E-state index contributed by atoms with van der Waals surface area (Å²) in [4.78, 5) is 12.3.